The first-order chi connectivity index (χ1) is 16.6. The minimum atomic E-state index is -5.08. The Labute approximate surface area is 198 Å². The second-order valence-electron chi connectivity index (χ2n) is 8.36. The predicted octanol–water partition coefficient (Wildman–Crippen LogP) is 3.51. The van der Waals surface area contributed by atoms with E-state index in [4.69, 9.17) is 14.6 Å². The Balaban J connectivity index is 0.000000429. The van der Waals surface area contributed by atoms with Gasteiger partial charge in [-0.2, -0.15) is 18.2 Å². The number of aliphatic carboxylic acids is 1. The molecule has 2 aromatic rings. The third-order valence-corrected chi connectivity index (χ3v) is 5.96. The molecule has 1 amide bonds. The smallest absolute Gasteiger partial charge is 0.485 e. The molecule has 2 saturated heterocycles. The molecular formula is C22H26F4N4O5. The van der Waals surface area contributed by atoms with Gasteiger partial charge in [-0.15, -0.1) is 0 Å². The van der Waals surface area contributed by atoms with Gasteiger partial charge >= 0.3 is 12.1 Å². The van der Waals surface area contributed by atoms with Crippen molar-refractivity contribution in [3.8, 4) is 5.75 Å². The number of ether oxygens (including phenoxy) is 1. The Morgan fingerprint density at radius 3 is 2.51 bits per heavy atom. The van der Waals surface area contributed by atoms with Gasteiger partial charge in [0.2, 0.25) is 12.2 Å². The highest BCUT2D eigenvalue weighted by Crippen LogP contribution is 2.26. The highest BCUT2D eigenvalue weighted by atomic mass is 19.4. The van der Waals surface area contributed by atoms with Gasteiger partial charge in [-0.3, -0.25) is 9.69 Å². The van der Waals surface area contributed by atoms with Crippen molar-refractivity contribution in [2.45, 2.75) is 57.5 Å². The molecule has 1 aromatic carbocycles. The van der Waals surface area contributed by atoms with E-state index < -0.39 is 18.0 Å². The lowest BCUT2D eigenvalue weighted by molar-refractivity contribution is -0.192. The van der Waals surface area contributed by atoms with Crippen LogP contribution in [0.25, 0.3) is 0 Å². The number of alkyl halides is 3. The van der Waals surface area contributed by atoms with E-state index in [0.29, 0.717) is 24.2 Å². The number of carbonyl (C=O) groups excluding carboxylic acids is 1. The van der Waals surface area contributed by atoms with Gasteiger partial charge in [-0.1, -0.05) is 5.16 Å². The molecule has 0 aliphatic carbocycles. The standard InChI is InChI=1S/C20H25FN4O3.C2HF3O2/c1-14-4-2-8-24(14)11-15-5-3-9-25(15)20(26)17-7-6-16(10-18(17)21)27-12-19-22-13-28-23-19;3-2(4,5)1(6)7/h6-7,10,13-15H,2-5,8-9,11-12H2,1H3;(H,6,7)/t14-,15+;/m1./s1. The number of carboxylic acid groups (broad SMARTS) is 1. The Kier molecular flexibility index (Phi) is 8.65. The Morgan fingerprint density at radius 2 is 1.94 bits per heavy atom. The quantitative estimate of drug-likeness (QED) is 0.598. The van der Waals surface area contributed by atoms with Gasteiger partial charge in [-0.05, 0) is 51.3 Å². The van der Waals surface area contributed by atoms with Crippen molar-refractivity contribution in [3.63, 3.8) is 0 Å². The molecule has 0 bridgehead atoms. The lowest BCUT2D eigenvalue weighted by Crippen LogP contribution is -2.44. The molecule has 0 spiro atoms. The average molecular weight is 502 g/mol. The summed E-state index contributed by atoms with van der Waals surface area (Å²) in [5.74, 6) is -2.88. The van der Waals surface area contributed by atoms with E-state index in [-0.39, 0.29) is 24.1 Å². The van der Waals surface area contributed by atoms with Crippen molar-refractivity contribution in [3.05, 3.63) is 41.8 Å². The van der Waals surface area contributed by atoms with E-state index in [1.165, 1.54) is 31.4 Å². The summed E-state index contributed by atoms with van der Waals surface area (Å²) in [5.41, 5.74) is 0.0910. The number of halogens is 4. The Hall–Kier alpha value is -3.22. The zero-order valence-corrected chi connectivity index (χ0v) is 19.0. The van der Waals surface area contributed by atoms with E-state index in [1.54, 1.807) is 6.07 Å². The monoisotopic (exact) mass is 502 g/mol. The molecule has 2 atom stereocenters. The van der Waals surface area contributed by atoms with Gasteiger partial charge in [0.25, 0.3) is 5.91 Å². The molecular weight excluding hydrogens is 476 g/mol. The largest absolute Gasteiger partial charge is 0.490 e. The van der Waals surface area contributed by atoms with Gasteiger partial charge in [0.1, 0.15) is 11.6 Å². The van der Waals surface area contributed by atoms with Crippen molar-refractivity contribution in [2.75, 3.05) is 19.6 Å². The summed E-state index contributed by atoms with van der Waals surface area (Å²) < 4.78 is 56.4. The van der Waals surface area contributed by atoms with Crippen LogP contribution in [0.1, 0.15) is 48.8 Å². The van der Waals surface area contributed by atoms with Crippen LogP contribution in [0.15, 0.2) is 29.1 Å². The minimum Gasteiger partial charge on any atom is -0.485 e. The molecule has 2 aliphatic heterocycles. The maximum atomic E-state index is 14.6. The average Bonchev–Trinajstić information content (AvgIpc) is 3.55. The van der Waals surface area contributed by atoms with Crippen molar-refractivity contribution < 1.29 is 41.5 Å². The van der Waals surface area contributed by atoms with E-state index in [0.717, 1.165) is 25.9 Å². The fourth-order valence-corrected chi connectivity index (χ4v) is 4.15. The topological polar surface area (TPSA) is 109 Å². The highest BCUT2D eigenvalue weighted by molar-refractivity contribution is 5.95. The number of hydrogen-bond donors (Lipinski definition) is 1. The van der Waals surface area contributed by atoms with Crippen LogP contribution >= 0.6 is 0 Å². The highest BCUT2D eigenvalue weighted by Gasteiger charge is 2.38. The van der Waals surface area contributed by atoms with Crippen LogP contribution < -0.4 is 4.74 Å². The van der Waals surface area contributed by atoms with Crippen LogP contribution in [-0.4, -0.2) is 74.8 Å². The predicted molar refractivity (Wildman–Crippen MR) is 113 cm³/mol. The third kappa shape index (κ3) is 7.13. The number of rotatable bonds is 6. The Morgan fingerprint density at radius 1 is 1.23 bits per heavy atom. The molecule has 3 heterocycles. The van der Waals surface area contributed by atoms with Crippen LogP contribution in [0.5, 0.6) is 5.75 Å². The molecule has 4 rings (SSSR count). The second-order valence-corrected chi connectivity index (χ2v) is 8.36. The normalized spacial score (nSPS) is 20.4. The van der Waals surface area contributed by atoms with Gasteiger partial charge in [0.05, 0.1) is 5.56 Å². The first-order valence-electron chi connectivity index (χ1n) is 11.1. The lowest BCUT2D eigenvalue weighted by Gasteiger charge is -2.31. The summed E-state index contributed by atoms with van der Waals surface area (Å²) in [6.45, 7) is 4.95. The van der Waals surface area contributed by atoms with Crippen LogP contribution in [0.3, 0.4) is 0 Å². The third-order valence-electron chi connectivity index (χ3n) is 5.96. The number of aromatic nitrogens is 2. The van der Waals surface area contributed by atoms with Gasteiger partial charge in [-0.25, -0.2) is 9.18 Å². The Bertz CT molecular complexity index is 1000. The van der Waals surface area contributed by atoms with Crippen LogP contribution in [0.2, 0.25) is 0 Å². The van der Waals surface area contributed by atoms with Crippen molar-refractivity contribution in [2.24, 2.45) is 0 Å². The summed E-state index contributed by atoms with van der Waals surface area (Å²) in [5, 5.41) is 10.8. The molecule has 1 aromatic heterocycles. The number of nitrogens with zero attached hydrogens (tertiary/aromatic N) is 4. The number of likely N-dealkylation sites (tertiary alicyclic amines) is 2. The second kappa shape index (κ2) is 11.5. The SMILES string of the molecule is C[C@@H]1CCCN1C[C@@H]1CCCN1C(=O)c1ccc(OCc2ncon2)cc1F.O=C(O)C(F)(F)F. The summed E-state index contributed by atoms with van der Waals surface area (Å²) in [6.07, 6.45) is 0.480. The molecule has 35 heavy (non-hydrogen) atoms. The fourth-order valence-electron chi connectivity index (χ4n) is 4.15. The van der Waals surface area contributed by atoms with E-state index >= 15 is 0 Å². The summed E-state index contributed by atoms with van der Waals surface area (Å²) in [7, 11) is 0. The van der Waals surface area contributed by atoms with Gasteiger partial charge in [0.15, 0.2) is 6.61 Å². The van der Waals surface area contributed by atoms with E-state index in [2.05, 4.69) is 26.5 Å². The fraction of sp³-hybridized carbons (Fsp3) is 0.545. The van der Waals surface area contributed by atoms with E-state index in [1.807, 2.05) is 4.90 Å². The maximum Gasteiger partial charge on any atom is 0.490 e. The van der Waals surface area contributed by atoms with Crippen molar-refractivity contribution in [1.29, 1.82) is 0 Å². The van der Waals surface area contributed by atoms with Crippen LogP contribution in [0, 0.1) is 5.82 Å². The first kappa shape index (κ1) is 26.4. The molecule has 13 heteroatoms. The summed E-state index contributed by atoms with van der Waals surface area (Å²) in [4.78, 5) is 30.0. The van der Waals surface area contributed by atoms with Crippen LogP contribution in [-0.2, 0) is 11.4 Å². The molecule has 2 aliphatic rings. The maximum absolute atomic E-state index is 14.6. The van der Waals surface area contributed by atoms with E-state index in [9.17, 15) is 22.4 Å². The molecule has 0 saturated carbocycles. The molecule has 9 nitrogen and oxygen atoms in total. The minimum absolute atomic E-state index is 0.0749. The van der Waals surface area contributed by atoms with Gasteiger partial charge in [0, 0.05) is 31.2 Å². The molecule has 0 unspecified atom stereocenters. The number of amides is 1. The van der Waals surface area contributed by atoms with Crippen molar-refractivity contribution in [1.82, 2.24) is 19.9 Å². The molecule has 0 radical (unpaired) electrons. The molecule has 2 fully saturated rings. The summed E-state index contributed by atoms with van der Waals surface area (Å²) >= 11 is 0. The number of hydrogen-bond acceptors (Lipinski definition) is 7. The summed E-state index contributed by atoms with van der Waals surface area (Å²) in [6, 6.07) is 5.05. The number of benzene rings is 1. The van der Waals surface area contributed by atoms with Crippen LogP contribution in [0.4, 0.5) is 17.6 Å². The number of carboxylic acids is 1. The number of carbonyl (C=O) groups is 2. The lowest BCUT2D eigenvalue weighted by atomic mass is 10.1. The molecule has 192 valence electrons. The van der Waals surface area contributed by atoms with Crippen molar-refractivity contribution >= 4 is 11.9 Å². The zero-order valence-electron chi connectivity index (χ0n) is 19.0. The first-order valence-corrected chi connectivity index (χ1v) is 11.1. The molecule has 1 N–H and O–H groups in total. The zero-order chi connectivity index (χ0) is 25.6. The van der Waals surface area contributed by atoms with Gasteiger partial charge < -0.3 is 19.3 Å².